The SMILES string of the molecule is CCNC1CCC(C(C)(C)C)CC1CN(C)CC. The van der Waals surface area contributed by atoms with Gasteiger partial charge in [0.15, 0.2) is 0 Å². The van der Waals surface area contributed by atoms with Crippen molar-refractivity contribution in [3.8, 4) is 0 Å². The summed E-state index contributed by atoms with van der Waals surface area (Å²) in [5.74, 6) is 1.72. The van der Waals surface area contributed by atoms with Crippen LogP contribution >= 0.6 is 0 Å². The molecule has 108 valence electrons. The number of nitrogens with one attached hydrogen (secondary N) is 1. The highest BCUT2D eigenvalue weighted by molar-refractivity contribution is 4.89. The predicted octanol–water partition coefficient (Wildman–Crippen LogP) is 3.38. The molecule has 0 aromatic carbocycles. The number of hydrogen-bond acceptors (Lipinski definition) is 2. The van der Waals surface area contributed by atoms with Crippen LogP contribution in [0, 0.1) is 17.3 Å². The highest BCUT2D eigenvalue weighted by Crippen LogP contribution is 2.40. The van der Waals surface area contributed by atoms with Crippen LogP contribution in [0.25, 0.3) is 0 Å². The fraction of sp³-hybridized carbons (Fsp3) is 1.00. The second-order valence-electron chi connectivity index (χ2n) is 7.16. The van der Waals surface area contributed by atoms with Crippen LogP contribution in [0.2, 0.25) is 0 Å². The lowest BCUT2D eigenvalue weighted by Crippen LogP contribution is -2.46. The van der Waals surface area contributed by atoms with Gasteiger partial charge in [-0.1, -0.05) is 34.6 Å². The molecule has 0 heterocycles. The van der Waals surface area contributed by atoms with Gasteiger partial charge < -0.3 is 10.2 Å². The molecule has 0 aliphatic heterocycles. The van der Waals surface area contributed by atoms with Crippen molar-refractivity contribution in [1.29, 1.82) is 0 Å². The maximum absolute atomic E-state index is 3.71. The quantitative estimate of drug-likeness (QED) is 0.809. The summed E-state index contributed by atoms with van der Waals surface area (Å²) in [4.78, 5) is 2.47. The van der Waals surface area contributed by atoms with E-state index in [1.54, 1.807) is 0 Å². The topological polar surface area (TPSA) is 15.3 Å². The third-order valence-electron chi connectivity index (χ3n) is 4.76. The Morgan fingerprint density at radius 3 is 2.33 bits per heavy atom. The number of hydrogen-bond donors (Lipinski definition) is 1. The summed E-state index contributed by atoms with van der Waals surface area (Å²) >= 11 is 0. The summed E-state index contributed by atoms with van der Waals surface area (Å²) in [5, 5.41) is 3.71. The fourth-order valence-corrected chi connectivity index (χ4v) is 3.31. The Morgan fingerprint density at radius 1 is 1.17 bits per heavy atom. The summed E-state index contributed by atoms with van der Waals surface area (Å²) in [5.41, 5.74) is 0.472. The maximum atomic E-state index is 3.71. The molecule has 3 atom stereocenters. The Hall–Kier alpha value is -0.0800. The molecule has 0 spiro atoms. The van der Waals surface area contributed by atoms with Gasteiger partial charge in [0.2, 0.25) is 0 Å². The predicted molar refractivity (Wildman–Crippen MR) is 80.9 cm³/mol. The summed E-state index contributed by atoms with van der Waals surface area (Å²) in [6.45, 7) is 15.2. The summed E-state index contributed by atoms with van der Waals surface area (Å²) in [6, 6.07) is 0.739. The van der Waals surface area contributed by atoms with Crippen LogP contribution in [-0.2, 0) is 0 Å². The molecule has 0 bridgehead atoms. The molecular formula is C16H34N2. The van der Waals surface area contributed by atoms with E-state index in [0.29, 0.717) is 5.41 Å². The van der Waals surface area contributed by atoms with Crippen molar-refractivity contribution in [3.63, 3.8) is 0 Å². The second kappa shape index (κ2) is 6.91. The van der Waals surface area contributed by atoms with E-state index in [1.807, 2.05) is 0 Å². The summed E-state index contributed by atoms with van der Waals surface area (Å²) in [7, 11) is 2.25. The normalized spacial score (nSPS) is 29.8. The van der Waals surface area contributed by atoms with Crippen LogP contribution in [-0.4, -0.2) is 37.6 Å². The van der Waals surface area contributed by atoms with E-state index in [0.717, 1.165) is 31.0 Å². The van der Waals surface area contributed by atoms with Crippen LogP contribution in [0.1, 0.15) is 53.9 Å². The Balaban J connectivity index is 2.64. The van der Waals surface area contributed by atoms with Crippen molar-refractivity contribution in [2.45, 2.75) is 59.9 Å². The van der Waals surface area contributed by atoms with Gasteiger partial charge in [0.25, 0.3) is 0 Å². The zero-order valence-electron chi connectivity index (χ0n) is 13.4. The van der Waals surface area contributed by atoms with Gasteiger partial charge in [-0.15, -0.1) is 0 Å². The van der Waals surface area contributed by atoms with Crippen molar-refractivity contribution in [2.24, 2.45) is 17.3 Å². The fourth-order valence-electron chi connectivity index (χ4n) is 3.31. The van der Waals surface area contributed by atoms with E-state index < -0.39 is 0 Å². The zero-order valence-corrected chi connectivity index (χ0v) is 13.4. The first-order valence-electron chi connectivity index (χ1n) is 7.80. The molecule has 1 rings (SSSR count). The Morgan fingerprint density at radius 2 is 1.83 bits per heavy atom. The number of rotatable bonds is 5. The lowest BCUT2D eigenvalue weighted by atomic mass is 9.67. The third kappa shape index (κ3) is 4.55. The van der Waals surface area contributed by atoms with E-state index in [-0.39, 0.29) is 0 Å². The molecule has 1 fully saturated rings. The monoisotopic (exact) mass is 254 g/mol. The Kier molecular flexibility index (Phi) is 6.13. The van der Waals surface area contributed by atoms with E-state index in [4.69, 9.17) is 0 Å². The molecule has 3 unspecified atom stereocenters. The van der Waals surface area contributed by atoms with Gasteiger partial charge in [0.1, 0.15) is 0 Å². The van der Waals surface area contributed by atoms with Gasteiger partial charge in [0.05, 0.1) is 0 Å². The maximum Gasteiger partial charge on any atom is 0.0108 e. The molecule has 1 saturated carbocycles. The van der Waals surface area contributed by atoms with Crippen LogP contribution in [0.3, 0.4) is 0 Å². The van der Waals surface area contributed by atoms with Crippen LogP contribution in [0.15, 0.2) is 0 Å². The molecule has 2 heteroatoms. The standard InChI is InChI=1S/C16H34N2/c1-7-17-15-10-9-14(16(3,4)5)11-13(15)12-18(6)8-2/h13-15,17H,7-12H2,1-6H3. The van der Waals surface area contributed by atoms with Gasteiger partial charge >= 0.3 is 0 Å². The summed E-state index contributed by atoms with van der Waals surface area (Å²) < 4.78 is 0. The molecule has 18 heavy (non-hydrogen) atoms. The van der Waals surface area contributed by atoms with Gasteiger partial charge in [-0.05, 0) is 56.7 Å². The second-order valence-corrected chi connectivity index (χ2v) is 7.16. The largest absolute Gasteiger partial charge is 0.314 e. The van der Waals surface area contributed by atoms with Crippen LogP contribution in [0.5, 0.6) is 0 Å². The Labute approximate surface area is 115 Å². The lowest BCUT2D eigenvalue weighted by molar-refractivity contribution is 0.0951. The molecular weight excluding hydrogens is 220 g/mol. The average Bonchev–Trinajstić information content (AvgIpc) is 2.30. The first kappa shape index (κ1) is 16.0. The number of nitrogens with zero attached hydrogens (tertiary/aromatic N) is 1. The van der Waals surface area contributed by atoms with Gasteiger partial charge in [-0.3, -0.25) is 0 Å². The molecule has 1 aliphatic carbocycles. The molecule has 0 aromatic heterocycles. The smallest absolute Gasteiger partial charge is 0.0108 e. The minimum atomic E-state index is 0.472. The summed E-state index contributed by atoms with van der Waals surface area (Å²) in [6.07, 6.45) is 4.15. The van der Waals surface area contributed by atoms with Gasteiger partial charge in [-0.2, -0.15) is 0 Å². The first-order chi connectivity index (χ1) is 8.38. The van der Waals surface area contributed by atoms with Gasteiger partial charge in [-0.25, -0.2) is 0 Å². The molecule has 0 saturated heterocycles. The van der Waals surface area contributed by atoms with Crippen molar-refractivity contribution < 1.29 is 0 Å². The van der Waals surface area contributed by atoms with E-state index in [1.165, 1.54) is 25.8 Å². The molecule has 1 aliphatic rings. The highest BCUT2D eigenvalue weighted by atomic mass is 15.1. The molecule has 1 N–H and O–H groups in total. The molecule has 0 radical (unpaired) electrons. The van der Waals surface area contributed by atoms with E-state index in [2.05, 4.69) is 51.9 Å². The highest BCUT2D eigenvalue weighted by Gasteiger charge is 2.35. The van der Waals surface area contributed by atoms with Crippen molar-refractivity contribution in [1.82, 2.24) is 10.2 Å². The van der Waals surface area contributed by atoms with Crippen LogP contribution in [0.4, 0.5) is 0 Å². The van der Waals surface area contributed by atoms with Crippen molar-refractivity contribution in [3.05, 3.63) is 0 Å². The Bertz CT molecular complexity index is 232. The molecule has 0 aromatic rings. The minimum absolute atomic E-state index is 0.472. The average molecular weight is 254 g/mol. The third-order valence-corrected chi connectivity index (χ3v) is 4.76. The molecule has 2 nitrogen and oxygen atoms in total. The van der Waals surface area contributed by atoms with Crippen molar-refractivity contribution in [2.75, 3.05) is 26.7 Å². The van der Waals surface area contributed by atoms with Crippen LogP contribution < -0.4 is 5.32 Å². The first-order valence-corrected chi connectivity index (χ1v) is 7.80. The minimum Gasteiger partial charge on any atom is -0.314 e. The van der Waals surface area contributed by atoms with E-state index >= 15 is 0 Å². The van der Waals surface area contributed by atoms with E-state index in [9.17, 15) is 0 Å². The lowest BCUT2D eigenvalue weighted by Gasteiger charge is -2.43. The zero-order chi connectivity index (χ0) is 13.8. The van der Waals surface area contributed by atoms with Crippen molar-refractivity contribution >= 4 is 0 Å². The van der Waals surface area contributed by atoms with Gasteiger partial charge in [0, 0.05) is 12.6 Å². The molecule has 0 amide bonds.